The second-order valence-corrected chi connectivity index (χ2v) is 13.7. The van der Waals surface area contributed by atoms with E-state index in [1.807, 2.05) is 81.4 Å². The number of hydrogen-bond acceptors (Lipinski definition) is 4. The van der Waals surface area contributed by atoms with Gasteiger partial charge in [0.2, 0.25) is 11.8 Å². The third kappa shape index (κ3) is 8.87. The van der Waals surface area contributed by atoms with Crippen molar-refractivity contribution in [2.24, 2.45) is 0 Å². The number of sulfonamides is 1. The fourth-order valence-electron chi connectivity index (χ4n) is 4.80. The van der Waals surface area contributed by atoms with Crippen LogP contribution in [0.2, 0.25) is 10.0 Å². The maximum absolute atomic E-state index is 14.5. The van der Waals surface area contributed by atoms with Crippen LogP contribution in [0.1, 0.15) is 37.0 Å². The first-order valence-corrected chi connectivity index (χ1v) is 16.9. The van der Waals surface area contributed by atoms with Crippen LogP contribution in [0.25, 0.3) is 0 Å². The van der Waals surface area contributed by atoms with Gasteiger partial charge < -0.3 is 10.2 Å². The molecule has 0 aliphatic carbocycles. The Morgan fingerprint density at radius 2 is 1.44 bits per heavy atom. The van der Waals surface area contributed by atoms with Crippen molar-refractivity contribution in [1.82, 2.24) is 10.2 Å². The van der Waals surface area contributed by atoms with E-state index in [-0.39, 0.29) is 45.5 Å². The molecule has 4 rings (SSSR count). The van der Waals surface area contributed by atoms with Gasteiger partial charge in [0.05, 0.1) is 15.6 Å². The Morgan fingerprint density at radius 1 is 0.844 bits per heavy atom. The topological polar surface area (TPSA) is 86.8 Å². The monoisotopic (exact) mass is 665 g/mol. The fourth-order valence-corrected chi connectivity index (χ4v) is 6.66. The smallest absolute Gasteiger partial charge is 0.264 e. The molecular formula is C35H37Cl2N3O4S. The predicted octanol–water partition coefficient (Wildman–Crippen LogP) is 7.05. The molecular weight excluding hydrogens is 629 g/mol. The second-order valence-electron chi connectivity index (χ2n) is 11.0. The van der Waals surface area contributed by atoms with Gasteiger partial charge in [0.15, 0.2) is 0 Å². The highest BCUT2D eigenvalue weighted by molar-refractivity contribution is 7.92. The number of benzene rings is 4. The van der Waals surface area contributed by atoms with E-state index in [1.165, 1.54) is 29.2 Å². The Hall–Kier alpha value is -3.85. The second kappa shape index (κ2) is 15.4. The lowest BCUT2D eigenvalue weighted by Gasteiger charge is -2.34. The maximum Gasteiger partial charge on any atom is 0.264 e. The lowest BCUT2D eigenvalue weighted by atomic mass is 10.0. The van der Waals surface area contributed by atoms with Crippen LogP contribution in [0.3, 0.4) is 0 Å². The molecule has 0 heterocycles. The van der Waals surface area contributed by atoms with Crippen LogP contribution >= 0.6 is 23.2 Å². The van der Waals surface area contributed by atoms with E-state index in [4.69, 9.17) is 23.2 Å². The molecule has 4 aromatic carbocycles. The summed E-state index contributed by atoms with van der Waals surface area (Å²) >= 11 is 12.8. The van der Waals surface area contributed by atoms with Crippen LogP contribution in [0.15, 0.2) is 108 Å². The summed E-state index contributed by atoms with van der Waals surface area (Å²) in [5, 5.41) is 3.39. The molecule has 4 aromatic rings. The van der Waals surface area contributed by atoms with E-state index >= 15 is 0 Å². The number of anilines is 1. The third-order valence-corrected chi connectivity index (χ3v) is 9.86. The highest BCUT2D eigenvalue weighted by Crippen LogP contribution is 2.33. The average molecular weight is 667 g/mol. The minimum Gasteiger partial charge on any atom is -0.352 e. The molecule has 2 amide bonds. The van der Waals surface area contributed by atoms with Gasteiger partial charge in [0.25, 0.3) is 10.0 Å². The first-order valence-electron chi connectivity index (χ1n) is 14.7. The van der Waals surface area contributed by atoms with Crippen LogP contribution in [-0.4, -0.2) is 43.8 Å². The Bertz CT molecular complexity index is 1700. The Labute approximate surface area is 275 Å². The summed E-state index contributed by atoms with van der Waals surface area (Å²) in [5.41, 5.74) is 2.58. The van der Waals surface area contributed by atoms with Crippen molar-refractivity contribution in [2.75, 3.05) is 10.8 Å². The van der Waals surface area contributed by atoms with Crippen LogP contribution in [0, 0.1) is 6.92 Å². The molecule has 0 aliphatic rings. The molecule has 0 fully saturated rings. The molecule has 0 unspecified atom stereocenters. The van der Waals surface area contributed by atoms with Gasteiger partial charge in [-0.15, -0.1) is 0 Å². The number of carbonyl (C=O) groups excluding carboxylic acids is 2. The van der Waals surface area contributed by atoms with Gasteiger partial charge in [0.1, 0.15) is 12.6 Å². The van der Waals surface area contributed by atoms with Crippen LogP contribution < -0.4 is 9.62 Å². The quantitative estimate of drug-likeness (QED) is 0.166. The van der Waals surface area contributed by atoms with Gasteiger partial charge in [-0.05, 0) is 61.7 Å². The lowest BCUT2D eigenvalue weighted by Crippen LogP contribution is -2.54. The van der Waals surface area contributed by atoms with Gasteiger partial charge in [-0.3, -0.25) is 13.9 Å². The van der Waals surface area contributed by atoms with E-state index in [0.717, 1.165) is 21.0 Å². The average Bonchev–Trinajstić information content (AvgIpc) is 3.03. The van der Waals surface area contributed by atoms with Crippen molar-refractivity contribution in [3.63, 3.8) is 0 Å². The number of amides is 2. The summed E-state index contributed by atoms with van der Waals surface area (Å²) in [6, 6.07) is 28.4. The van der Waals surface area contributed by atoms with Crippen molar-refractivity contribution < 1.29 is 18.0 Å². The number of halogens is 2. The van der Waals surface area contributed by atoms with E-state index in [9.17, 15) is 18.0 Å². The van der Waals surface area contributed by atoms with E-state index < -0.39 is 28.5 Å². The summed E-state index contributed by atoms with van der Waals surface area (Å²) in [5.74, 6) is -0.906. The SMILES string of the molecule is CC[C@H](C)NC(=O)[C@@H](Cc1ccccc1)N(Cc1ccccc1)C(=O)CN(c1cc(Cl)ccc1Cl)S(=O)(=O)c1ccc(C)cc1. The number of carbonyl (C=O) groups is 2. The molecule has 0 spiro atoms. The van der Waals surface area contributed by atoms with Gasteiger partial charge >= 0.3 is 0 Å². The zero-order chi connectivity index (χ0) is 32.6. The molecule has 2 atom stereocenters. The minimum absolute atomic E-state index is 0.0121. The molecule has 45 heavy (non-hydrogen) atoms. The molecule has 0 aromatic heterocycles. The summed E-state index contributed by atoms with van der Waals surface area (Å²) in [4.78, 5) is 29.8. The van der Waals surface area contributed by atoms with Crippen molar-refractivity contribution in [3.8, 4) is 0 Å². The molecule has 0 radical (unpaired) electrons. The molecule has 0 bridgehead atoms. The maximum atomic E-state index is 14.5. The van der Waals surface area contributed by atoms with Crippen LogP contribution in [0.4, 0.5) is 5.69 Å². The Kier molecular flexibility index (Phi) is 11.7. The Morgan fingerprint density at radius 3 is 2.04 bits per heavy atom. The zero-order valence-corrected chi connectivity index (χ0v) is 27.8. The number of rotatable bonds is 13. The summed E-state index contributed by atoms with van der Waals surface area (Å²) in [6.07, 6.45) is 0.927. The van der Waals surface area contributed by atoms with Crippen molar-refractivity contribution >= 4 is 50.7 Å². The van der Waals surface area contributed by atoms with Gasteiger partial charge in [-0.2, -0.15) is 0 Å². The molecule has 0 aliphatic heterocycles. The van der Waals surface area contributed by atoms with E-state index in [1.54, 1.807) is 18.2 Å². The van der Waals surface area contributed by atoms with Gasteiger partial charge in [-0.1, -0.05) is 108 Å². The number of aryl methyl sites for hydroxylation is 1. The van der Waals surface area contributed by atoms with Crippen molar-refractivity contribution in [2.45, 2.75) is 57.1 Å². The number of hydrogen-bond donors (Lipinski definition) is 1. The summed E-state index contributed by atoms with van der Waals surface area (Å²) in [7, 11) is -4.30. The molecule has 0 saturated carbocycles. The van der Waals surface area contributed by atoms with E-state index in [0.29, 0.717) is 6.42 Å². The summed E-state index contributed by atoms with van der Waals surface area (Å²) < 4.78 is 29.3. The summed E-state index contributed by atoms with van der Waals surface area (Å²) in [6.45, 7) is 5.17. The number of nitrogens with zero attached hydrogens (tertiary/aromatic N) is 2. The zero-order valence-electron chi connectivity index (χ0n) is 25.5. The first-order chi connectivity index (χ1) is 21.5. The van der Waals surface area contributed by atoms with Gasteiger partial charge in [-0.25, -0.2) is 8.42 Å². The van der Waals surface area contributed by atoms with E-state index in [2.05, 4.69) is 5.32 Å². The lowest BCUT2D eigenvalue weighted by molar-refractivity contribution is -0.140. The largest absolute Gasteiger partial charge is 0.352 e. The Balaban J connectivity index is 1.82. The van der Waals surface area contributed by atoms with Crippen molar-refractivity contribution in [3.05, 3.63) is 130 Å². The molecule has 1 N–H and O–H groups in total. The van der Waals surface area contributed by atoms with Crippen LogP contribution in [0.5, 0.6) is 0 Å². The molecule has 10 heteroatoms. The highest BCUT2D eigenvalue weighted by atomic mass is 35.5. The fraction of sp³-hybridized carbons (Fsp3) is 0.257. The molecule has 236 valence electrons. The predicted molar refractivity (Wildman–Crippen MR) is 181 cm³/mol. The van der Waals surface area contributed by atoms with Gasteiger partial charge in [0, 0.05) is 24.0 Å². The minimum atomic E-state index is -4.30. The number of nitrogens with one attached hydrogen (secondary N) is 1. The molecule has 7 nitrogen and oxygen atoms in total. The normalized spacial score (nSPS) is 12.6. The van der Waals surface area contributed by atoms with Crippen LogP contribution in [-0.2, 0) is 32.6 Å². The highest BCUT2D eigenvalue weighted by Gasteiger charge is 2.35. The standard InChI is InChI=1S/C35H37Cl2N3O4S/c1-4-26(3)38-35(42)33(21-27-11-7-5-8-12-27)39(23-28-13-9-6-10-14-28)34(41)24-40(32-22-29(36)17-20-31(32)37)45(43,44)30-18-15-25(2)16-19-30/h5-20,22,26,33H,4,21,23-24H2,1-3H3,(H,38,42)/t26-,33+/m0/s1. The van der Waals surface area contributed by atoms with Crippen molar-refractivity contribution in [1.29, 1.82) is 0 Å². The third-order valence-electron chi connectivity index (χ3n) is 7.53. The molecule has 0 saturated heterocycles. The first kappa shape index (κ1) is 34.0.